The molecule has 2 amide bonds. The van der Waals surface area contributed by atoms with E-state index in [1.165, 1.54) is 6.07 Å². The zero-order valence-corrected chi connectivity index (χ0v) is 15.0. The van der Waals surface area contributed by atoms with Gasteiger partial charge in [0.15, 0.2) is 11.6 Å². The van der Waals surface area contributed by atoms with Crippen molar-refractivity contribution in [3.05, 3.63) is 24.1 Å². The number of ether oxygens (including phenoxy) is 1. The highest BCUT2D eigenvalue weighted by Crippen LogP contribution is 2.34. The topological polar surface area (TPSA) is 57.7 Å². The molecule has 0 saturated carbocycles. The summed E-state index contributed by atoms with van der Waals surface area (Å²) < 4.78 is 20.0. The second kappa shape index (κ2) is 7.56. The van der Waals surface area contributed by atoms with Crippen LogP contribution in [0.15, 0.2) is 18.3 Å². The summed E-state index contributed by atoms with van der Waals surface area (Å²) >= 11 is 0. The molecule has 1 N–H and O–H groups in total. The molecule has 6 nitrogen and oxygen atoms in total. The van der Waals surface area contributed by atoms with Crippen LogP contribution in [-0.2, 0) is 4.74 Å². The molecule has 3 rings (SSSR count). The van der Waals surface area contributed by atoms with Gasteiger partial charge >= 0.3 is 6.03 Å². The van der Waals surface area contributed by atoms with E-state index in [1.807, 2.05) is 23.6 Å². The smallest absolute Gasteiger partial charge is 0.317 e. The van der Waals surface area contributed by atoms with E-state index in [4.69, 9.17) is 4.74 Å². The number of aromatic nitrogens is 1. The van der Waals surface area contributed by atoms with Crippen LogP contribution in [-0.4, -0.2) is 61.3 Å². The maximum atomic E-state index is 14.2. The number of likely N-dealkylation sites (tertiary alicyclic amines) is 1. The van der Waals surface area contributed by atoms with Gasteiger partial charge in [-0.3, -0.25) is 0 Å². The molecule has 25 heavy (non-hydrogen) atoms. The van der Waals surface area contributed by atoms with E-state index in [1.54, 1.807) is 12.3 Å². The van der Waals surface area contributed by atoms with Gasteiger partial charge in [-0.1, -0.05) is 0 Å². The van der Waals surface area contributed by atoms with Gasteiger partial charge < -0.3 is 19.9 Å². The van der Waals surface area contributed by atoms with E-state index in [0.29, 0.717) is 38.7 Å². The minimum atomic E-state index is -0.315. The maximum Gasteiger partial charge on any atom is 0.317 e. The fourth-order valence-electron chi connectivity index (χ4n) is 3.75. The number of pyridine rings is 1. The molecule has 2 aliphatic heterocycles. The lowest BCUT2D eigenvalue weighted by atomic mass is 9.80. The van der Waals surface area contributed by atoms with E-state index < -0.39 is 0 Å². The van der Waals surface area contributed by atoms with Gasteiger partial charge in [-0.05, 0) is 38.8 Å². The lowest BCUT2D eigenvalue weighted by Crippen LogP contribution is -2.55. The van der Waals surface area contributed by atoms with Crippen LogP contribution in [0, 0.1) is 11.2 Å². The van der Waals surface area contributed by atoms with Gasteiger partial charge in [0.25, 0.3) is 0 Å². The summed E-state index contributed by atoms with van der Waals surface area (Å²) in [4.78, 5) is 20.5. The Hall–Kier alpha value is -1.89. The molecule has 1 aromatic heterocycles. The average molecular weight is 350 g/mol. The normalized spacial score (nSPS) is 24.5. The summed E-state index contributed by atoms with van der Waals surface area (Å²) in [6.45, 7) is 7.66. The molecule has 2 fully saturated rings. The van der Waals surface area contributed by atoms with Crippen molar-refractivity contribution >= 4 is 11.8 Å². The third-order valence-corrected chi connectivity index (χ3v) is 4.84. The summed E-state index contributed by atoms with van der Waals surface area (Å²) in [5.41, 5.74) is -0.187. The molecule has 0 radical (unpaired) electrons. The Morgan fingerprint density at radius 1 is 1.40 bits per heavy atom. The molecule has 2 saturated heterocycles. The van der Waals surface area contributed by atoms with Crippen molar-refractivity contribution in [3.8, 4) is 0 Å². The number of anilines is 1. The van der Waals surface area contributed by atoms with Crippen molar-refractivity contribution in [3.63, 3.8) is 0 Å². The van der Waals surface area contributed by atoms with E-state index in [9.17, 15) is 9.18 Å². The van der Waals surface area contributed by atoms with Crippen LogP contribution in [0.5, 0.6) is 0 Å². The van der Waals surface area contributed by atoms with Crippen molar-refractivity contribution in [1.29, 1.82) is 0 Å². The molecule has 1 aromatic rings. The average Bonchev–Trinajstić information content (AvgIpc) is 2.77. The predicted molar refractivity (Wildman–Crippen MR) is 94.1 cm³/mol. The van der Waals surface area contributed by atoms with Crippen LogP contribution in [0.4, 0.5) is 15.0 Å². The van der Waals surface area contributed by atoms with Crippen molar-refractivity contribution in [2.75, 3.05) is 44.3 Å². The first-order chi connectivity index (χ1) is 12.0. The van der Waals surface area contributed by atoms with Crippen LogP contribution in [0.2, 0.25) is 0 Å². The fraction of sp³-hybridized carbons (Fsp3) is 0.667. The number of amides is 2. The van der Waals surface area contributed by atoms with Gasteiger partial charge in [-0.25, -0.2) is 14.2 Å². The lowest BCUT2D eigenvalue weighted by Gasteiger charge is -2.43. The molecule has 138 valence electrons. The molecule has 0 aromatic carbocycles. The highest BCUT2D eigenvalue weighted by atomic mass is 19.1. The largest absolute Gasteiger partial charge is 0.379 e. The third-order valence-electron chi connectivity index (χ3n) is 4.84. The summed E-state index contributed by atoms with van der Waals surface area (Å²) in [7, 11) is 0. The van der Waals surface area contributed by atoms with Crippen LogP contribution in [0.3, 0.4) is 0 Å². The molecular weight excluding hydrogens is 323 g/mol. The van der Waals surface area contributed by atoms with E-state index >= 15 is 0 Å². The quantitative estimate of drug-likeness (QED) is 0.889. The number of rotatable bonds is 2. The summed E-state index contributed by atoms with van der Waals surface area (Å²) in [6, 6.07) is 3.11. The molecular formula is C18H27FN4O2. The van der Waals surface area contributed by atoms with Crippen LogP contribution >= 0.6 is 0 Å². The van der Waals surface area contributed by atoms with Gasteiger partial charge in [0.05, 0.1) is 13.2 Å². The molecule has 0 bridgehead atoms. The monoisotopic (exact) mass is 350 g/mol. The van der Waals surface area contributed by atoms with E-state index in [0.717, 1.165) is 19.4 Å². The summed E-state index contributed by atoms with van der Waals surface area (Å²) in [5, 5.41) is 2.96. The van der Waals surface area contributed by atoms with Crippen LogP contribution in [0.1, 0.15) is 26.7 Å². The minimum absolute atomic E-state index is 0.0334. The van der Waals surface area contributed by atoms with E-state index in [2.05, 4.69) is 10.3 Å². The fourth-order valence-corrected chi connectivity index (χ4v) is 3.75. The van der Waals surface area contributed by atoms with Gasteiger partial charge in [-0.2, -0.15) is 0 Å². The lowest BCUT2D eigenvalue weighted by molar-refractivity contribution is 0.0241. The SMILES string of the molecule is CC(C)NC(=O)N1CCCC2(COCCN(c3ncccc3F)C2)C1. The predicted octanol–water partition coefficient (Wildman–Crippen LogP) is 2.26. The van der Waals surface area contributed by atoms with Gasteiger partial charge in [0, 0.05) is 43.8 Å². The zero-order valence-electron chi connectivity index (χ0n) is 15.0. The van der Waals surface area contributed by atoms with Gasteiger partial charge in [0.1, 0.15) is 0 Å². The number of hydrogen-bond acceptors (Lipinski definition) is 4. The van der Waals surface area contributed by atoms with Gasteiger partial charge in [0.2, 0.25) is 0 Å². The van der Waals surface area contributed by atoms with Crippen LogP contribution < -0.4 is 10.2 Å². The standard InChI is InChI=1S/C18H27FN4O2/c1-14(2)21-17(24)23-8-4-6-18(12-23)11-22(9-10-25-13-18)16-15(19)5-3-7-20-16/h3,5,7,14H,4,6,8-13H2,1-2H3,(H,21,24). The first-order valence-corrected chi connectivity index (χ1v) is 8.98. The maximum absolute atomic E-state index is 14.2. The van der Waals surface area contributed by atoms with Crippen LogP contribution in [0.25, 0.3) is 0 Å². The number of nitrogens with one attached hydrogen (secondary N) is 1. The molecule has 1 unspecified atom stereocenters. The molecule has 7 heteroatoms. The third kappa shape index (κ3) is 4.21. The Labute approximate surface area is 148 Å². The molecule has 1 spiro atoms. The second-order valence-corrected chi connectivity index (χ2v) is 7.41. The van der Waals surface area contributed by atoms with Crippen molar-refractivity contribution < 1.29 is 13.9 Å². The summed E-state index contributed by atoms with van der Waals surface area (Å²) in [6.07, 6.45) is 3.50. The number of hydrogen-bond donors (Lipinski definition) is 1. The highest BCUT2D eigenvalue weighted by Gasteiger charge is 2.41. The Morgan fingerprint density at radius 2 is 2.24 bits per heavy atom. The first kappa shape index (κ1) is 17.9. The molecule has 2 aliphatic rings. The Kier molecular flexibility index (Phi) is 5.42. The molecule has 0 aliphatic carbocycles. The first-order valence-electron chi connectivity index (χ1n) is 8.98. The number of urea groups is 1. The highest BCUT2D eigenvalue weighted by molar-refractivity contribution is 5.74. The number of halogens is 1. The Bertz CT molecular complexity index is 612. The molecule has 3 heterocycles. The Balaban J connectivity index is 1.77. The number of carbonyl (C=O) groups excluding carboxylic acids is 1. The van der Waals surface area contributed by atoms with Gasteiger partial charge in [-0.15, -0.1) is 0 Å². The zero-order chi connectivity index (χ0) is 17.9. The number of piperidine rings is 1. The van der Waals surface area contributed by atoms with Crippen molar-refractivity contribution in [1.82, 2.24) is 15.2 Å². The number of carbonyl (C=O) groups is 1. The molecule has 1 atom stereocenters. The second-order valence-electron chi connectivity index (χ2n) is 7.41. The number of nitrogens with zero attached hydrogens (tertiary/aromatic N) is 3. The van der Waals surface area contributed by atoms with Crippen molar-refractivity contribution in [2.24, 2.45) is 5.41 Å². The Morgan fingerprint density at radius 3 is 3.00 bits per heavy atom. The van der Waals surface area contributed by atoms with Crippen molar-refractivity contribution in [2.45, 2.75) is 32.7 Å². The van der Waals surface area contributed by atoms with E-state index in [-0.39, 0.29) is 23.3 Å². The minimum Gasteiger partial charge on any atom is -0.379 e. The summed E-state index contributed by atoms with van der Waals surface area (Å²) in [5.74, 6) is 0.0564.